The molecule has 3 aliphatic rings. The first-order chi connectivity index (χ1) is 28.4. The number of benzene rings is 3. The normalized spacial score (nSPS) is 18.3. The standard InChI is InChI=1S/C44H55N5O10Si/c1-8-20-57-41(54)47-32(21-28-12-10-9-11-13-28)38(52)45-25-37(51)46-30-16-14-29(15-17-30)26-58-42(55)49-33-23-35(50)36(56-5)22-31(33)39(53)48-27-44(18-19-44)24-34(48)40(49)59-60(6,7)43(2,3)4/h8-17,22-23,32,34,40,50H,1,18-21,24-27H2,2-7H3,(H,45,52)(H,46,51)(H,47,54)/t32-,34-,40?/m0/s1. The van der Waals surface area contributed by atoms with Crippen molar-refractivity contribution in [1.82, 2.24) is 15.5 Å². The van der Waals surface area contributed by atoms with Crippen LogP contribution in [-0.2, 0) is 36.5 Å². The summed E-state index contributed by atoms with van der Waals surface area (Å²) >= 11 is 0. The van der Waals surface area contributed by atoms with Gasteiger partial charge in [-0.3, -0.25) is 14.4 Å². The van der Waals surface area contributed by atoms with Crippen LogP contribution in [0.4, 0.5) is 21.0 Å². The molecule has 16 heteroatoms. The van der Waals surface area contributed by atoms with Gasteiger partial charge in [-0.15, -0.1) is 0 Å². The zero-order valence-corrected chi connectivity index (χ0v) is 36.0. The maximum atomic E-state index is 14.4. The maximum Gasteiger partial charge on any atom is 0.416 e. The predicted molar refractivity (Wildman–Crippen MR) is 227 cm³/mol. The third kappa shape index (κ3) is 9.93. The van der Waals surface area contributed by atoms with E-state index in [-0.39, 0.29) is 65.3 Å². The largest absolute Gasteiger partial charge is 0.504 e. The Morgan fingerprint density at radius 1 is 1.02 bits per heavy atom. The number of rotatable bonds is 14. The van der Waals surface area contributed by atoms with Crippen LogP contribution in [0.3, 0.4) is 0 Å². The average molecular weight is 842 g/mol. The first-order valence-electron chi connectivity index (χ1n) is 20.0. The van der Waals surface area contributed by atoms with Crippen LogP contribution in [0.1, 0.15) is 61.5 Å². The molecule has 2 aliphatic heterocycles. The lowest BCUT2D eigenvalue weighted by Crippen LogP contribution is -2.58. The van der Waals surface area contributed by atoms with Gasteiger partial charge in [-0.05, 0) is 72.1 Å². The van der Waals surface area contributed by atoms with Gasteiger partial charge < -0.3 is 44.6 Å². The van der Waals surface area contributed by atoms with E-state index in [1.807, 2.05) is 35.2 Å². The molecule has 0 bridgehead atoms. The molecule has 6 rings (SSSR count). The minimum absolute atomic E-state index is 0.0186. The zero-order valence-electron chi connectivity index (χ0n) is 35.0. The molecule has 3 aromatic rings. The lowest BCUT2D eigenvalue weighted by molar-refractivity contribution is -0.125. The average Bonchev–Trinajstić information content (AvgIpc) is 3.88. The van der Waals surface area contributed by atoms with E-state index >= 15 is 0 Å². The number of nitrogens with one attached hydrogen (secondary N) is 3. The van der Waals surface area contributed by atoms with Crippen molar-refractivity contribution in [2.45, 2.75) is 89.5 Å². The third-order valence-corrected chi connectivity index (χ3v) is 16.2. The van der Waals surface area contributed by atoms with E-state index in [1.165, 1.54) is 30.2 Å². The summed E-state index contributed by atoms with van der Waals surface area (Å²) in [6, 6.07) is 17.1. The van der Waals surface area contributed by atoms with E-state index in [1.54, 1.807) is 24.3 Å². The molecule has 320 valence electrons. The quantitative estimate of drug-likeness (QED) is 0.104. The van der Waals surface area contributed by atoms with Crippen LogP contribution in [0, 0.1) is 5.41 Å². The Bertz CT molecular complexity index is 2100. The molecule has 1 saturated heterocycles. The smallest absolute Gasteiger partial charge is 0.416 e. The summed E-state index contributed by atoms with van der Waals surface area (Å²) in [5.41, 5.74) is 2.20. The first kappa shape index (κ1) is 43.7. The highest BCUT2D eigenvalue weighted by atomic mass is 28.4. The third-order valence-electron chi connectivity index (χ3n) is 11.8. The fraction of sp³-hybridized carbons (Fsp3) is 0.432. The molecule has 15 nitrogen and oxygen atoms in total. The summed E-state index contributed by atoms with van der Waals surface area (Å²) in [4.78, 5) is 70.2. The Labute approximate surface area is 351 Å². The van der Waals surface area contributed by atoms with Gasteiger partial charge in [-0.25, -0.2) is 14.5 Å². The van der Waals surface area contributed by atoms with Crippen LogP contribution < -0.4 is 25.6 Å². The van der Waals surface area contributed by atoms with E-state index in [9.17, 15) is 29.1 Å². The topological polar surface area (TPSA) is 185 Å². The highest BCUT2D eigenvalue weighted by molar-refractivity contribution is 6.74. The molecule has 1 aliphatic carbocycles. The Morgan fingerprint density at radius 3 is 2.35 bits per heavy atom. The van der Waals surface area contributed by atoms with Gasteiger partial charge in [0.1, 0.15) is 19.3 Å². The Kier molecular flexibility index (Phi) is 12.9. The number of anilines is 2. The van der Waals surface area contributed by atoms with E-state index in [4.69, 9.17) is 18.6 Å². The number of phenolic OH excluding ortho intramolecular Hbond substituents is 1. The number of methoxy groups -OCH3 is 1. The maximum absolute atomic E-state index is 14.4. The molecule has 3 aromatic carbocycles. The van der Waals surface area contributed by atoms with E-state index in [2.05, 4.69) is 56.4 Å². The van der Waals surface area contributed by atoms with Gasteiger partial charge in [0.15, 0.2) is 26.0 Å². The van der Waals surface area contributed by atoms with Gasteiger partial charge in [-0.1, -0.05) is 75.9 Å². The van der Waals surface area contributed by atoms with Crippen LogP contribution in [0.2, 0.25) is 18.1 Å². The van der Waals surface area contributed by atoms with Gasteiger partial charge in [-0.2, -0.15) is 0 Å². The summed E-state index contributed by atoms with van der Waals surface area (Å²) in [5, 5.41) is 18.6. The second-order valence-electron chi connectivity index (χ2n) is 17.2. The number of hydrogen-bond donors (Lipinski definition) is 4. The van der Waals surface area contributed by atoms with Gasteiger partial charge >= 0.3 is 12.2 Å². The number of carbonyl (C=O) groups is 5. The lowest BCUT2D eigenvalue weighted by Gasteiger charge is -2.44. The van der Waals surface area contributed by atoms with Crippen molar-refractivity contribution in [1.29, 1.82) is 0 Å². The van der Waals surface area contributed by atoms with Gasteiger partial charge in [0.25, 0.3) is 5.91 Å². The van der Waals surface area contributed by atoms with Gasteiger partial charge in [0.2, 0.25) is 11.8 Å². The highest BCUT2D eigenvalue weighted by Crippen LogP contribution is 2.57. The number of phenols is 1. The van der Waals surface area contributed by atoms with Crippen molar-refractivity contribution in [2.24, 2.45) is 5.41 Å². The number of ether oxygens (including phenoxy) is 3. The van der Waals surface area contributed by atoms with E-state index in [0.29, 0.717) is 24.2 Å². The first-order valence-corrected chi connectivity index (χ1v) is 23.0. The Morgan fingerprint density at radius 2 is 1.72 bits per heavy atom. The second kappa shape index (κ2) is 17.8. The van der Waals surface area contributed by atoms with Crippen LogP contribution in [0.25, 0.3) is 0 Å². The number of alkyl carbamates (subject to hydrolysis) is 1. The number of amides is 5. The SMILES string of the molecule is C=CCOC(=O)N[C@@H](Cc1ccccc1)C(=O)NCC(=O)Nc1ccc(COC(=O)N2c3cc(O)c(OC)cc3C(=O)N3CC4(CC4)C[C@H]3C2O[Si](C)(C)C(C)(C)C)cc1. The molecule has 0 aromatic heterocycles. The molecule has 2 fully saturated rings. The van der Waals surface area contributed by atoms with Crippen LogP contribution >= 0.6 is 0 Å². The fourth-order valence-electron chi connectivity index (χ4n) is 7.25. The summed E-state index contributed by atoms with van der Waals surface area (Å²) in [5.74, 6) is -1.47. The molecule has 0 radical (unpaired) electrons. The summed E-state index contributed by atoms with van der Waals surface area (Å²) < 4.78 is 23.4. The van der Waals surface area contributed by atoms with Crippen molar-refractivity contribution in [3.8, 4) is 11.5 Å². The summed E-state index contributed by atoms with van der Waals surface area (Å²) in [6.45, 7) is 14.0. The molecule has 5 amide bonds. The van der Waals surface area contributed by atoms with E-state index in [0.717, 1.165) is 18.4 Å². The lowest BCUT2D eigenvalue weighted by atomic mass is 10.0. The van der Waals surface area contributed by atoms with Crippen LogP contribution in [-0.4, -0.2) is 93.3 Å². The molecule has 1 unspecified atom stereocenters. The van der Waals surface area contributed by atoms with Crippen molar-refractivity contribution in [3.63, 3.8) is 0 Å². The minimum atomic E-state index is -2.57. The molecule has 2 heterocycles. The monoisotopic (exact) mass is 841 g/mol. The number of hydrogen-bond acceptors (Lipinski definition) is 10. The summed E-state index contributed by atoms with van der Waals surface area (Å²) in [7, 11) is -1.17. The minimum Gasteiger partial charge on any atom is -0.504 e. The molecule has 1 spiro atoms. The molecular formula is C44H55N5O10Si. The van der Waals surface area contributed by atoms with Crippen molar-refractivity contribution in [3.05, 3.63) is 96.1 Å². The van der Waals surface area contributed by atoms with Gasteiger partial charge in [0.05, 0.1) is 30.9 Å². The number of carbonyl (C=O) groups excluding carboxylic acids is 5. The molecular weight excluding hydrogens is 787 g/mol. The molecule has 4 N–H and O–H groups in total. The van der Waals surface area contributed by atoms with Gasteiger partial charge in [0, 0.05) is 24.7 Å². The van der Waals surface area contributed by atoms with Crippen LogP contribution in [0.15, 0.2) is 79.4 Å². The van der Waals surface area contributed by atoms with Crippen LogP contribution in [0.5, 0.6) is 11.5 Å². The molecule has 60 heavy (non-hydrogen) atoms. The van der Waals surface area contributed by atoms with E-state index < -0.39 is 50.6 Å². The predicted octanol–water partition coefficient (Wildman–Crippen LogP) is 6.48. The number of aromatic hydroxyl groups is 1. The summed E-state index contributed by atoms with van der Waals surface area (Å²) in [6.07, 6.45) is 1.80. The molecule has 1 saturated carbocycles. The Hall–Kier alpha value is -5.87. The van der Waals surface area contributed by atoms with Crippen molar-refractivity contribution in [2.75, 3.05) is 37.0 Å². The Balaban J connectivity index is 1.14. The number of fused-ring (bicyclic) bond motifs is 2. The van der Waals surface area contributed by atoms with Crippen molar-refractivity contribution < 1.29 is 47.7 Å². The van der Waals surface area contributed by atoms with Crippen molar-refractivity contribution >= 4 is 49.6 Å². The highest BCUT2D eigenvalue weighted by Gasteiger charge is 2.59. The fourth-order valence-corrected chi connectivity index (χ4v) is 8.47. The second-order valence-corrected chi connectivity index (χ2v) is 21.9. The molecule has 3 atom stereocenters. The zero-order chi connectivity index (χ0) is 43.4. The number of nitrogens with zero attached hydrogens (tertiary/aromatic N) is 2.